The van der Waals surface area contributed by atoms with Gasteiger partial charge in [-0.2, -0.15) is 0 Å². The van der Waals surface area contributed by atoms with Crippen LogP contribution in [0.4, 0.5) is 0 Å². The van der Waals surface area contributed by atoms with Crippen LogP contribution in [0.5, 0.6) is 5.75 Å². The van der Waals surface area contributed by atoms with Gasteiger partial charge < -0.3 is 4.74 Å². The van der Waals surface area contributed by atoms with E-state index in [2.05, 4.69) is 30.3 Å². The zero-order valence-electron chi connectivity index (χ0n) is 14.2. The first-order valence-electron chi connectivity index (χ1n) is 8.81. The summed E-state index contributed by atoms with van der Waals surface area (Å²) in [5, 5.41) is 2.71. The Morgan fingerprint density at radius 1 is 0.920 bits per heavy atom. The van der Waals surface area contributed by atoms with E-state index in [1.807, 2.05) is 29.7 Å². The van der Waals surface area contributed by atoms with Crippen LogP contribution in [0, 0.1) is 0 Å². The average molecular weight is 345 g/mol. The number of ether oxygens (including phenoxy) is 1. The Labute approximate surface area is 151 Å². The van der Waals surface area contributed by atoms with Crippen LogP contribution in [0.1, 0.15) is 24.0 Å². The van der Waals surface area contributed by atoms with E-state index in [4.69, 9.17) is 9.72 Å². The number of pyridine rings is 1. The summed E-state index contributed by atoms with van der Waals surface area (Å²) in [5.41, 5.74) is 5.30. The Balaban J connectivity index is 1.74. The van der Waals surface area contributed by atoms with E-state index in [1.54, 1.807) is 18.2 Å². The van der Waals surface area contributed by atoms with Gasteiger partial charge in [-0.1, -0.05) is 0 Å². The molecule has 0 spiro atoms. The zero-order valence-corrected chi connectivity index (χ0v) is 15.0. The summed E-state index contributed by atoms with van der Waals surface area (Å²) in [4.78, 5) is 4.70. The predicted octanol–water partition coefficient (Wildman–Crippen LogP) is 6.00. The van der Waals surface area contributed by atoms with Gasteiger partial charge in [-0.05, 0) is 79.3 Å². The van der Waals surface area contributed by atoms with Crippen LogP contribution in [0.15, 0.2) is 48.7 Å². The highest BCUT2D eigenvalue weighted by Gasteiger charge is 2.16. The molecule has 2 heterocycles. The molecule has 5 rings (SSSR count). The number of hydrogen-bond acceptors (Lipinski definition) is 3. The van der Waals surface area contributed by atoms with Crippen molar-refractivity contribution in [3.05, 3.63) is 59.8 Å². The lowest BCUT2D eigenvalue weighted by Gasteiger charge is -2.15. The Bertz CT molecular complexity index is 1080. The first kappa shape index (κ1) is 14.9. The van der Waals surface area contributed by atoms with Gasteiger partial charge in [0, 0.05) is 27.2 Å². The topological polar surface area (TPSA) is 22.1 Å². The third kappa shape index (κ3) is 2.42. The molecule has 0 N–H and O–H groups in total. The molecule has 0 amide bonds. The number of thiophene rings is 1. The number of nitrogens with zero attached hydrogens (tertiary/aromatic N) is 1. The summed E-state index contributed by atoms with van der Waals surface area (Å²) in [7, 11) is 1.70. The SMILES string of the molecule is COc1ccc(-c2nccc3c2sc2cc4c(cc23)CCCC4)cc1. The molecule has 0 saturated heterocycles. The van der Waals surface area contributed by atoms with Gasteiger partial charge >= 0.3 is 0 Å². The molecular weight excluding hydrogens is 326 g/mol. The molecule has 1 aliphatic rings. The maximum atomic E-state index is 5.28. The van der Waals surface area contributed by atoms with Gasteiger partial charge in [-0.3, -0.25) is 4.98 Å². The van der Waals surface area contributed by atoms with E-state index in [9.17, 15) is 0 Å². The molecule has 0 atom stereocenters. The quantitative estimate of drug-likeness (QED) is 0.444. The summed E-state index contributed by atoms with van der Waals surface area (Å²) >= 11 is 1.87. The van der Waals surface area contributed by atoms with Crippen molar-refractivity contribution in [1.82, 2.24) is 4.98 Å². The normalized spacial score (nSPS) is 14.0. The summed E-state index contributed by atoms with van der Waals surface area (Å²) < 4.78 is 7.95. The number of benzene rings is 2. The van der Waals surface area contributed by atoms with Gasteiger partial charge in [-0.25, -0.2) is 0 Å². The van der Waals surface area contributed by atoms with Crippen molar-refractivity contribution in [2.75, 3.05) is 7.11 Å². The standard InChI is InChI=1S/C22H19NOS/c1-24-17-8-6-14(7-9-17)21-22-18(10-11-23-21)19-12-15-4-2-3-5-16(15)13-20(19)25-22/h6-13H,2-5H2,1H3. The van der Waals surface area contributed by atoms with Crippen LogP contribution in [0.2, 0.25) is 0 Å². The fraction of sp³-hybridized carbons (Fsp3) is 0.227. The predicted molar refractivity (Wildman–Crippen MR) is 106 cm³/mol. The minimum absolute atomic E-state index is 0.875. The Morgan fingerprint density at radius 2 is 1.68 bits per heavy atom. The lowest BCUT2D eigenvalue weighted by atomic mass is 9.90. The molecule has 25 heavy (non-hydrogen) atoms. The van der Waals surface area contributed by atoms with Gasteiger partial charge in [0.2, 0.25) is 0 Å². The van der Waals surface area contributed by atoms with Gasteiger partial charge in [0.25, 0.3) is 0 Å². The highest BCUT2D eigenvalue weighted by Crippen LogP contribution is 2.41. The Kier molecular flexibility index (Phi) is 3.49. The highest BCUT2D eigenvalue weighted by molar-refractivity contribution is 7.26. The molecule has 4 aromatic rings. The number of aromatic nitrogens is 1. The molecule has 0 unspecified atom stereocenters. The van der Waals surface area contributed by atoms with E-state index in [0.29, 0.717) is 0 Å². The molecule has 2 aromatic carbocycles. The van der Waals surface area contributed by atoms with Gasteiger partial charge in [0.05, 0.1) is 17.5 Å². The summed E-state index contributed by atoms with van der Waals surface area (Å²) in [5.74, 6) is 0.875. The number of methoxy groups -OCH3 is 1. The molecule has 0 bridgehead atoms. The van der Waals surface area contributed by atoms with E-state index in [0.717, 1.165) is 17.0 Å². The lowest BCUT2D eigenvalue weighted by molar-refractivity contribution is 0.415. The molecule has 1 aliphatic carbocycles. The largest absolute Gasteiger partial charge is 0.497 e. The van der Waals surface area contributed by atoms with Crippen molar-refractivity contribution >= 4 is 31.5 Å². The number of aryl methyl sites for hydroxylation is 2. The third-order valence-electron chi connectivity index (χ3n) is 5.21. The first-order chi connectivity index (χ1) is 12.3. The monoisotopic (exact) mass is 345 g/mol. The second kappa shape index (κ2) is 5.85. The van der Waals surface area contributed by atoms with E-state index in [1.165, 1.54) is 45.9 Å². The van der Waals surface area contributed by atoms with Crippen LogP contribution in [0.25, 0.3) is 31.4 Å². The van der Waals surface area contributed by atoms with Crippen LogP contribution >= 0.6 is 11.3 Å². The molecule has 2 aromatic heterocycles. The lowest BCUT2D eigenvalue weighted by Crippen LogP contribution is -2.01. The molecule has 0 saturated carbocycles. The fourth-order valence-corrected chi connectivity index (χ4v) is 5.14. The van der Waals surface area contributed by atoms with E-state index < -0.39 is 0 Å². The molecular formula is C22H19NOS. The average Bonchev–Trinajstić information content (AvgIpc) is 3.04. The van der Waals surface area contributed by atoms with Crippen molar-refractivity contribution < 1.29 is 4.74 Å². The van der Waals surface area contributed by atoms with Crippen molar-refractivity contribution in [2.24, 2.45) is 0 Å². The second-order valence-electron chi connectivity index (χ2n) is 6.69. The fourth-order valence-electron chi connectivity index (χ4n) is 3.89. The first-order valence-corrected chi connectivity index (χ1v) is 9.62. The number of fused-ring (bicyclic) bond motifs is 4. The van der Waals surface area contributed by atoms with Crippen molar-refractivity contribution in [2.45, 2.75) is 25.7 Å². The second-order valence-corrected chi connectivity index (χ2v) is 7.74. The Hall–Kier alpha value is -2.39. The maximum Gasteiger partial charge on any atom is 0.118 e. The third-order valence-corrected chi connectivity index (χ3v) is 6.39. The highest BCUT2D eigenvalue weighted by atomic mass is 32.1. The summed E-state index contributed by atoms with van der Waals surface area (Å²) in [6.45, 7) is 0. The van der Waals surface area contributed by atoms with Gasteiger partial charge in [0.15, 0.2) is 0 Å². The minimum atomic E-state index is 0.875. The summed E-state index contributed by atoms with van der Waals surface area (Å²) in [6.07, 6.45) is 7.02. The van der Waals surface area contributed by atoms with Gasteiger partial charge in [0.1, 0.15) is 5.75 Å². The van der Waals surface area contributed by atoms with E-state index >= 15 is 0 Å². The van der Waals surface area contributed by atoms with E-state index in [-0.39, 0.29) is 0 Å². The zero-order chi connectivity index (χ0) is 16.8. The summed E-state index contributed by atoms with van der Waals surface area (Å²) in [6, 6.07) is 15.2. The number of hydrogen-bond donors (Lipinski definition) is 0. The molecule has 3 heteroatoms. The molecule has 0 fully saturated rings. The van der Waals surface area contributed by atoms with Crippen molar-refractivity contribution in [3.63, 3.8) is 0 Å². The van der Waals surface area contributed by atoms with Crippen LogP contribution in [-0.4, -0.2) is 12.1 Å². The molecule has 2 nitrogen and oxygen atoms in total. The molecule has 124 valence electrons. The Morgan fingerprint density at radius 3 is 2.44 bits per heavy atom. The number of rotatable bonds is 2. The molecule has 0 aliphatic heterocycles. The maximum absolute atomic E-state index is 5.28. The van der Waals surface area contributed by atoms with Gasteiger partial charge in [-0.15, -0.1) is 11.3 Å². The smallest absolute Gasteiger partial charge is 0.118 e. The van der Waals surface area contributed by atoms with Crippen molar-refractivity contribution in [1.29, 1.82) is 0 Å². The van der Waals surface area contributed by atoms with Crippen LogP contribution < -0.4 is 4.74 Å². The van der Waals surface area contributed by atoms with Crippen molar-refractivity contribution in [3.8, 4) is 17.0 Å². The van der Waals surface area contributed by atoms with Crippen LogP contribution in [0.3, 0.4) is 0 Å². The molecule has 0 radical (unpaired) electrons. The minimum Gasteiger partial charge on any atom is -0.497 e. The van der Waals surface area contributed by atoms with Crippen LogP contribution in [-0.2, 0) is 12.8 Å².